The van der Waals surface area contributed by atoms with Crippen molar-refractivity contribution in [1.29, 1.82) is 0 Å². The van der Waals surface area contributed by atoms with Crippen molar-refractivity contribution in [1.82, 2.24) is 0 Å². The van der Waals surface area contributed by atoms with Gasteiger partial charge in [-0.2, -0.15) is 0 Å². The molecule has 0 saturated carbocycles. The van der Waals surface area contributed by atoms with Gasteiger partial charge in [-0.15, -0.1) is 11.6 Å². The highest BCUT2D eigenvalue weighted by Crippen LogP contribution is 2.12. The molecule has 0 heterocycles. The third kappa shape index (κ3) is 16.8. The Bertz CT molecular complexity index is 114. The minimum atomic E-state index is 0.842. The normalized spacial score (nSPS) is 10.9. The zero-order valence-electron chi connectivity index (χ0n) is 11.4. The van der Waals surface area contributed by atoms with E-state index in [-0.39, 0.29) is 0 Å². The maximum atomic E-state index is 5.64. The SMILES string of the molecule is ClCCCCCCCCCCCCCCCBr. The van der Waals surface area contributed by atoms with Crippen molar-refractivity contribution < 1.29 is 0 Å². The molecule has 0 aromatic heterocycles. The molecule has 0 aliphatic rings. The topological polar surface area (TPSA) is 0 Å². The largest absolute Gasteiger partial charge is 0.127 e. The van der Waals surface area contributed by atoms with Crippen LogP contribution in [0.25, 0.3) is 0 Å². The number of rotatable bonds is 14. The maximum absolute atomic E-state index is 5.64. The fourth-order valence-corrected chi connectivity index (χ4v) is 2.72. The van der Waals surface area contributed by atoms with E-state index in [1.165, 1.54) is 88.8 Å². The van der Waals surface area contributed by atoms with Crippen molar-refractivity contribution in [2.24, 2.45) is 0 Å². The average molecular weight is 326 g/mol. The van der Waals surface area contributed by atoms with Crippen LogP contribution < -0.4 is 0 Å². The lowest BCUT2D eigenvalue weighted by Gasteiger charge is -2.02. The van der Waals surface area contributed by atoms with E-state index < -0.39 is 0 Å². The van der Waals surface area contributed by atoms with Gasteiger partial charge in [-0.05, 0) is 12.8 Å². The molecule has 0 spiro atoms. The molecule has 0 rings (SSSR count). The van der Waals surface area contributed by atoms with Crippen LogP contribution in [-0.2, 0) is 0 Å². The predicted octanol–water partition coefficient (Wildman–Crippen LogP) is 6.69. The monoisotopic (exact) mass is 324 g/mol. The lowest BCUT2D eigenvalue weighted by molar-refractivity contribution is 0.543. The number of alkyl halides is 2. The minimum Gasteiger partial charge on any atom is -0.127 e. The van der Waals surface area contributed by atoms with E-state index in [0.29, 0.717) is 0 Å². The molecule has 0 aromatic rings. The standard InChI is InChI=1S/C15H30BrCl/c16-14-12-10-8-6-4-2-1-3-5-7-9-11-13-15-17/h1-15H2. The van der Waals surface area contributed by atoms with E-state index >= 15 is 0 Å². The number of unbranched alkanes of at least 4 members (excludes halogenated alkanes) is 12. The zero-order chi connectivity index (χ0) is 12.6. The van der Waals surface area contributed by atoms with Crippen LogP contribution in [-0.4, -0.2) is 11.2 Å². The Balaban J connectivity index is 2.85. The Morgan fingerprint density at radius 2 is 0.765 bits per heavy atom. The summed E-state index contributed by atoms with van der Waals surface area (Å²) in [4.78, 5) is 0. The van der Waals surface area contributed by atoms with Crippen molar-refractivity contribution in [3.8, 4) is 0 Å². The number of hydrogen-bond acceptors (Lipinski definition) is 0. The van der Waals surface area contributed by atoms with Gasteiger partial charge in [0.15, 0.2) is 0 Å². The first-order chi connectivity index (χ1) is 8.41. The minimum absolute atomic E-state index is 0.842. The Kier molecular flexibility index (Phi) is 17.5. The third-order valence-electron chi connectivity index (χ3n) is 3.27. The molecule has 0 N–H and O–H groups in total. The van der Waals surface area contributed by atoms with Crippen LogP contribution >= 0.6 is 27.5 Å². The Morgan fingerprint density at radius 1 is 0.471 bits per heavy atom. The van der Waals surface area contributed by atoms with Crippen LogP contribution in [0.4, 0.5) is 0 Å². The van der Waals surface area contributed by atoms with E-state index in [1.54, 1.807) is 0 Å². The summed E-state index contributed by atoms with van der Waals surface area (Å²) >= 11 is 9.12. The van der Waals surface area contributed by atoms with Gasteiger partial charge in [-0.25, -0.2) is 0 Å². The van der Waals surface area contributed by atoms with E-state index in [9.17, 15) is 0 Å². The molecule has 2 heteroatoms. The zero-order valence-corrected chi connectivity index (χ0v) is 13.7. The second-order valence-electron chi connectivity index (χ2n) is 4.97. The third-order valence-corrected chi connectivity index (χ3v) is 4.10. The lowest BCUT2D eigenvalue weighted by Crippen LogP contribution is -1.83. The van der Waals surface area contributed by atoms with E-state index in [4.69, 9.17) is 11.6 Å². The first-order valence-electron chi connectivity index (χ1n) is 7.53. The van der Waals surface area contributed by atoms with Gasteiger partial charge in [0.2, 0.25) is 0 Å². The van der Waals surface area contributed by atoms with Gasteiger partial charge >= 0.3 is 0 Å². The summed E-state index contributed by atoms with van der Waals surface area (Å²) in [5.74, 6) is 0.842. The molecule has 0 radical (unpaired) electrons. The second kappa shape index (κ2) is 16.8. The molecule has 0 amide bonds. The molecular weight excluding hydrogens is 296 g/mol. The molecule has 0 unspecified atom stereocenters. The fourth-order valence-electron chi connectivity index (χ4n) is 2.13. The molecule has 0 aliphatic heterocycles. The summed E-state index contributed by atoms with van der Waals surface area (Å²) in [6, 6.07) is 0. The summed E-state index contributed by atoms with van der Waals surface area (Å²) in [6.07, 6.45) is 18.2. The summed E-state index contributed by atoms with van der Waals surface area (Å²) in [5, 5.41) is 1.18. The van der Waals surface area contributed by atoms with Crippen molar-refractivity contribution in [2.45, 2.75) is 83.5 Å². The Labute approximate surface area is 122 Å². The van der Waals surface area contributed by atoms with E-state index in [1.807, 2.05) is 0 Å². The highest BCUT2D eigenvalue weighted by Gasteiger charge is 1.93. The van der Waals surface area contributed by atoms with E-state index in [0.717, 1.165) is 5.88 Å². The first kappa shape index (κ1) is 17.8. The predicted molar refractivity (Wildman–Crippen MR) is 84.5 cm³/mol. The highest BCUT2D eigenvalue weighted by molar-refractivity contribution is 9.09. The van der Waals surface area contributed by atoms with Crippen LogP contribution in [0.1, 0.15) is 83.5 Å². The van der Waals surface area contributed by atoms with Crippen LogP contribution in [0.15, 0.2) is 0 Å². The summed E-state index contributed by atoms with van der Waals surface area (Å²) in [7, 11) is 0. The van der Waals surface area contributed by atoms with Crippen LogP contribution in [0.5, 0.6) is 0 Å². The molecular formula is C15H30BrCl. The van der Waals surface area contributed by atoms with Gasteiger partial charge < -0.3 is 0 Å². The van der Waals surface area contributed by atoms with Crippen molar-refractivity contribution in [3.63, 3.8) is 0 Å². The van der Waals surface area contributed by atoms with Gasteiger partial charge in [0.25, 0.3) is 0 Å². The number of hydrogen-bond donors (Lipinski definition) is 0. The van der Waals surface area contributed by atoms with Gasteiger partial charge in [-0.1, -0.05) is 86.6 Å². The molecule has 0 atom stereocenters. The van der Waals surface area contributed by atoms with Gasteiger partial charge in [0.05, 0.1) is 0 Å². The highest BCUT2D eigenvalue weighted by atomic mass is 79.9. The fraction of sp³-hybridized carbons (Fsp3) is 1.00. The molecule has 0 saturated heterocycles. The van der Waals surface area contributed by atoms with Gasteiger partial charge in [0.1, 0.15) is 0 Å². The first-order valence-corrected chi connectivity index (χ1v) is 9.19. The van der Waals surface area contributed by atoms with Crippen molar-refractivity contribution in [3.05, 3.63) is 0 Å². The lowest BCUT2D eigenvalue weighted by atomic mass is 10.1. The van der Waals surface area contributed by atoms with Crippen molar-refractivity contribution >= 4 is 27.5 Å². The second-order valence-corrected chi connectivity index (χ2v) is 6.15. The molecule has 0 fully saturated rings. The smallest absolute Gasteiger partial charge is 0.0223 e. The summed E-state index contributed by atoms with van der Waals surface area (Å²) in [6.45, 7) is 0. The summed E-state index contributed by atoms with van der Waals surface area (Å²) < 4.78 is 0. The maximum Gasteiger partial charge on any atom is 0.0223 e. The molecule has 104 valence electrons. The quantitative estimate of drug-likeness (QED) is 0.246. The van der Waals surface area contributed by atoms with Crippen molar-refractivity contribution in [2.75, 3.05) is 11.2 Å². The average Bonchev–Trinajstić information content (AvgIpc) is 2.35. The molecule has 17 heavy (non-hydrogen) atoms. The Hall–Kier alpha value is 0.770. The van der Waals surface area contributed by atoms with Crippen LogP contribution in [0.3, 0.4) is 0 Å². The molecule has 0 nitrogen and oxygen atoms in total. The summed E-state index contributed by atoms with van der Waals surface area (Å²) in [5.41, 5.74) is 0. The van der Waals surface area contributed by atoms with Gasteiger partial charge in [-0.3, -0.25) is 0 Å². The molecule has 0 aromatic carbocycles. The Morgan fingerprint density at radius 3 is 1.06 bits per heavy atom. The van der Waals surface area contributed by atoms with Crippen LogP contribution in [0, 0.1) is 0 Å². The van der Waals surface area contributed by atoms with E-state index in [2.05, 4.69) is 15.9 Å². The van der Waals surface area contributed by atoms with Crippen LogP contribution in [0.2, 0.25) is 0 Å². The molecule has 0 bridgehead atoms. The van der Waals surface area contributed by atoms with Gasteiger partial charge in [0, 0.05) is 11.2 Å². The molecule has 0 aliphatic carbocycles. The number of halogens is 2.